The summed E-state index contributed by atoms with van der Waals surface area (Å²) in [6.07, 6.45) is 4.39. The highest BCUT2D eigenvalue weighted by molar-refractivity contribution is 7.91. The monoisotopic (exact) mass is 355 g/mol. The molecule has 0 spiro atoms. The van der Waals surface area contributed by atoms with Crippen LogP contribution in [0, 0.1) is 5.92 Å². The zero-order chi connectivity index (χ0) is 16.5. The fraction of sp³-hybridized carbons (Fsp3) is 0.588. The predicted octanol–water partition coefficient (Wildman–Crippen LogP) is 2.70. The molecule has 1 heterocycles. The average molecular weight is 356 g/mol. The summed E-state index contributed by atoms with van der Waals surface area (Å²) in [5.74, 6) is 0.520. The number of hydrogen-bond acceptors (Lipinski definition) is 3. The number of hydrogen-bond donors (Lipinski definition) is 1. The fourth-order valence-electron chi connectivity index (χ4n) is 3.83. The second-order valence-electron chi connectivity index (χ2n) is 6.78. The molecule has 1 N–H and O–H groups in total. The van der Waals surface area contributed by atoms with E-state index in [1.807, 2.05) is 24.3 Å². The third kappa shape index (κ3) is 3.56. The van der Waals surface area contributed by atoms with Gasteiger partial charge >= 0.3 is 0 Å². The lowest BCUT2D eigenvalue weighted by Crippen LogP contribution is -2.44. The van der Waals surface area contributed by atoms with Crippen molar-refractivity contribution >= 4 is 27.3 Å². The average Bonchev–Trinajstić information content (AvgIpc) is 3.13. The van der Waals surface area contributed by atoms with Crippen molar-refractivity contribution in [1.82, 2.24) is 5.32 Å². The summed E-state index contributed by atoms with van der Waals surface area (Å²) >= 11 is 5.96. The Morgan fingerprint density at radius 3 is 2.43 bits per heavy atom. The molecule has 3 rings (SSSR count). The minimum absolute atomic E-state index is 0.0293. The highest BCUT2D eigenvalue weighted by atomic mass is 35.5. The number of nitrogens with one attached hydrogen (secondary N) is 1. The maximum atomic E-state index is 12.9. The van der Waals surface area contributed by atoms with E-state index in [0.29, 0.717) is 18.0 Å². The molecule has 2 aliphatic rings. The van der Waals surface area contributed by atoms with Crippen molar-refractivity contribution < 1.29 is 13.2 Å². The van der Waals surface area contributed by atoms with Crippen LogP contribution in [-0.4, -0.2) is 32.4 Å². The van der Waals surface area contributed by atoms with Gasteiger partial charge < -0.3 is 5.32 Å². The normalized spacial score (nSPS) is 25.3. The van der Waals surface area contributed by atoms with E-state index in [0.717, 1.165) is 31.2 Å². The molecule has 23 heavy (non-hydrogen) atoms. The van der Waals surface area contributed by atoms with Gasteiger partial charge in [0.25, 0.3) is 0 Å². The third-order valence-electron chi connectivity index (χ3n) is 5.17. The minimum atomic E-state index is -2.90. The zero-order valence-corrected chi connectivity index (χ0v) is 14.6. The molecule has 1 aliphatic carbocycles. The first kappa shape index (κ1) is 16.8. The summed E-state index contributed by atoms with van der Waals surface area (Å²) in [4.78, 5) is 12.9. The van der Waals surface area contributed by atoms with E-state index in [4.69, 9.17) is 11.6 Å². The molecule has 1 atom stereocenters. The molecule has 1 amide bonds. The number of carbonyl (C=O) groups excluding carboxylic acids is 1. The quantitative estimate of drug-likeness (QED) is 0.903. The van der Waals surface area contributed by atoms with Crippen LogP contribution in [0.3, 0.4) is 0 Å². The van der Waals surface area contributed by atoms with Gasteiger partial charge in [0.15, 0.2) is 9.84 Å². The highest BCUT2D eigenvalue weighted by Crippen LogP contribution is 2.41. The fourth-order valence-corrected chi connectivity index (χ4v) is 5.82. The van der Waals surface area contributed by atoms with Crippen LogP contribution in [0.15, 0.2) is 24.3 Å². The number of sulfone groups is 1. The Bertz CT molecular complexity index is 678. The van der Waals surface area contributed by atoms with Gasteiger partial charge in [0.1, 0.15) is 0 Å². The Hall–Kier alpha value is -1.07. The summed E-state index contributed by atoms with van der Waals surface area (Å²) in [6.45, 7) is 0.452. The molecular weight excluding hydrogens is 334 g/mol. The van der Waals surface area contributed by atoms with Crippen LogP contribution in [0.5, 0.6) is 0 Å². The van der Waals surface area contributed by atoms with Gasteiger partial charge in [0, 0.05) is 11.6 Å². The van der Waals surface area contributed by atoms with Crippen LogP contribution < -0.4 is 5.32 Å². The molecular formula is C17H22ClNO3S. The maximum absolute atomic E-state index is 12.9. The van der Waals surface area contributed by atoms with Gasteiger partial charge in [-0.1, -0.05) is 36.6 Å². The largest absolute Gasteiger partial charge is 0.355 e. The Morgan fingerprint density at radius 1 is 1.22 bits per heavy atom. The maximum Gasteiger partial charge on any atom is 0.230 e. The number of amides is 1. The summed E-state index contributed by atoms with van der Waals surface area (Å²) in [6, 6.07) is 7.53. The van der Waals surface area contributed by atoms with E-state index in [-0.39, 0.29) is 23.3 Å². The molecule has 1 saturated heterocycles. The molecule has 1 aliphatic heterocycles. The van der Waals surface area contributed by atoms with Gasteiger partial charge in [-0.2, -0.15) is 0 Å². The summed E-state index contributed by atoms with van der Waals surface area (Å²) < 4.78 is 23.1. The van der Waals surface area contributed by atoms with Gasteiger partial charge in [-0.3, -0.25) is 4.79 Å². The minimum Gasteiger partial charge on any atom is -0.355 e. The van der Waals surface area contributed by atoms with E-state index in [2.05, 4.69) is 5.32 Å². The SMILES string of the molecule is O=C(NCC1CCS(=O)(=O)C1)C1(c2ccc(Cl)cc2)CCCC1. The molecule has 4 nitrogen and oxygen atoms in total. The van der Waals surface area contributed by atoms with E-state index < -0.39 is 15.3 Å². The first-order valence-electron chi connectivity index (χ1n) is 8.16. The summed E-state index contributed by atoms with van der Waals surface area (Å²) in [5, 5.41) is 3.69. The highest BCUT2D eigenvalue weighted by Gasteiger charge is 2.42. The van der Waals surface area contributed by atoms with Gasteiger partial charge in [0.05, 0.1) is 16.9 Å². The van der Waals surface area contributed by atoms with Crippen molar-refractivity contribution in [2.75, 3.05) is 18.1 Å². The lowest BCUT2D eigenvalue weighted by atomic mass is 9.78. The summed E-state index contributed by atoms with van der Waals surface area (Å²) in [5.41, 5.74) is 0.526. The molecule has 1 aromatic rings. The molecule has 1 unspecified atom stereocenters. The summed E-state index contributed by atoms with van der Waals surface area (Å²) in [7, 11) is -2.90. The van der Waals surface area contributed by atoms with Gasteiger partial charge in [-0.25, -0.2) is 8.42 Å². The van der Waals surface area contributed by atoms with Gasteiger partial charge in [-0.15, -0.1) is 0 Å². The smallest absolute Gasteiger partial charge is 0.230 e. The third-order valence-corrected chi connectivity index (χ3v) is 7.26. The van der Waals surface area contributed by atoms with Crippen molar-refractivity contribution in [3.8, 4) is 0 Å². The second kappa shape index (κ2) is 6.44. The first-order chi connectivity index (χ1) is 10.9. The number of rotatable bonds is 4. The van der Waals surface area contributed by atoms with Crippen LogP contribution in [0.1, 0.15) is 37.7 Å². The van der Waals surface area contributed by atoms with Crippen molar-refractivity contribution in [1.29, 1.82) is 0 Å². The van der Waals surface area contributed by atoms with Crippen molar-refractivity contribution in [3.05, 3.63) is 34.9 Å². The molecule has 126 valence electrons. The van der Waals surface area contributed by atoms with Crippen molar-refractivity contribution in [2.24, 2.45) is 5.92 Å². The number of benzene rings is 1. The molecule has 6 heteroatoms. The molecule has 0 bridgehead atoms. The molecule has 0 aromatic heterocycles. The van der Waals surface area contributed by atoms with Gasteiger partial charge in [0.2, 0.25) is 5.91 Å². The zero-order valence-electron chi connectivity index (χ0n) is 13.1. The van der Waals surface area contributed by atoms with Crippen molar-refractivity contribution in [3.63, 3.8) is 0 Å². The van der Waals surface area contributed by atoms with E-state index >= 15 is 0 Å². The molecule has 0 radical (unpaired) electrons. The lowest BCUT2D eigenvalue weighted by molar-refractivity contribution is -0.126. The topological polar surface area (TPSA) is 63.2 Å². The molecule has 2 fully saturated rings. The number of halogens is 1. The predicted molar refractivity (Wildman–Crippen MR) is 91.4 cm³/mol. The van der Waals surface area contributed by atoms with Crippen LogP contribution in [0.25, 0.3) is 0 Å². The lowest BCUT2D eigenvalue weighted by Gasteiger charge is -2.29. The Balaban J connectivity index is 1.71. The standard InChI is InChI=1S/C17H22ClNO3S/c18-15-5-3-14(4-6-15)17(8-1-2-9-17)16(20)19-11-13-7-10-23(21,22)12-13/h3-6,13H,1-2,7-12H2,(H,19,20). The van der Waals surface area contributed by atoms with Crippen LogP contribution >= 0.6 is 11.6 Å². The van der Waals surface area contributed by atoms with E-state index in [1.54, 1.807) is 0 Å². The van der Waals surface area contributed by atoms with Gasteiger partial charge in [-0.05, 0) is 42.9 Å². The molecule has 1 saturated carbocycles. The second-order valence-corrected chi connectivity index (χ2v) is 9.44. The Labute approximate surface area is 142 Å². The Kier molecular flexibility index (Phi) is 4.70. The van der Waals surface area contributed by atoms with E-state index in [9.17, 15) is 13.2 Å². The van der Waals surface area contributed by atoms with Crippen LogP contribution in [0.4, 0.5) is 0 Å². The van der Waals surface area contributed by atoms with E-state index in [1.165, 1.54) is 0 Å². The number of carbonyl (C=O) groups is 1. The van der Waals surface area contributed by atoms with Crippen LogP contribution in [-0.2, 0) is 20.0 Å². The van der Waals surface area contributed by atoms with Crippen LogP contribution in [0.2, 0.25) is 5.02 Å². The Morgan fingerprint density at radius 2 is 1.87 bits per heavy atom. The van der Waals surface area contributed by atoms with Crippen molar-refractivity contribution in [2.45, 2.75) is 37.5 Å². The first-order valence-corrected chi connectivity index (χ1v) is 10.4. The molecule has 1 aromatic carbocycles.